The van der Waals surface area contributed by atoms with Gasteiger partial charge in [-0.3, -0.25) is 4.79 Å². The van der Waals surface area contributed by atoms with Crippen LogP contribution in [0.4, 0.5) is 14.5 Å². The van der Waals surface area contributed by atoms with E-state index in [1.807, 2.05) is 0 Å². The highest BCUT2D eigenvalue weighted by Crippen LogP contribution is 2.18. The molecule has 0 aromatic heterocycles. The number of carbonyl (C=O) groups is 2. The van der Waals surface area contributed by atoms with Crippen molar-refractivity contribution in [2.24, 2.45) is 0 Å². The number of esters is 1. The van der Waals surface area contributed by atoms with Crippen molar-refractivity contribution >= 4 is 17.6 Å². The monoisotopic (exact) mass is 348 g/mol. The molecule has 7 heteroatoms. The predicted molar refractivity (Wildman–Crippen MR) is 89.2 cm³/mol. The van der Waals surface area contributed by atoms with Gasteiger partial charge >= 0.3 is 5.97 Å². The molecule has 0 heterocycles. The highest BCUT2D eigenvalue weighted by molar-refractivity contribution is 5.96. The molecular formula is C18H18F2N2O3. The third-order valence-corrected chi connectivity index (χ3v) is 3.58. The lowest BCUT2D eigenvalue weighted by atomic mass is 10.1. The number of amides is 1. The fraction of sp³-hybridized carbons (Fsp3) is 0.222. The molecule has 132 valence electrons. The maximum absolute atomic E-state index is 13.7. The average Bonchev–Trinajstić information content (AvgIpc) is 2.59. The molecule has 5 nitrogen and oxygen atoms in total. The normalized spacial score (nSPS) is 11.5. The van der Waals surface area contributed by atoms with Gasteiger partial charge in [0.2, 0.25) is 5.91 Å². The molecule has 0 saturated heterocycles. The van der Waals surface area contributed by atoms with E-state index in [2.05, 4.69) is 15.4 Å². The first-order chi connectivity index (χ1) is 11.9. The Morgan fingerprint density at radius 1 is 1.16 bits per heavy atom. The molecule has 0 aliphatic heterocycles. The largest absolute Gasteiger partial charge is 0.465 e. The zero-order valence-electron chi connectivity index (χ0n) is 13.8. The predicted octanol–water partition coefficient (Wildman–Crippen LogP) is 3.04. The fourth-order valence-corrected chi connectivity index (χ4v) is 2.32. The second kappa shape index (κ2) is 8.23. The van der Waals surface area contributed by atoms with Crippen LogP contribution in [0.5, 0.6) is 0 Å². The van der Waals surface area contributed by atoms with Crippen molar-refractivity contribution in [2.45, 2.75) is 13.0 Å². The summed E-state index contributed by atoms with van der Waals surface area (Å²) in [7, 11) is 1.27. The van der Waals surface area contributed by atoms with E-state index >= 15 is 0 Å². The van der Waals surface area contributed by atoms with Crippen LogP contribution < -0.4 is 10.6 Å². The number of hydrogen-bond donors (Lipinski definition) is 2. The van der Waals surface area contributed by atoms with Crippen molar-refractivity contribution in [3.05, 3.63) is 65.2 Å². The first-order valence-corrected chi connectivity index (χ1v) is 7.58. The fourth-order valence-electron chi connectivity index (χ4n) is 2.32. The summed E-state index contributed by atoms with van der Waals surface area (Å²) in [5.41, 5.74) is 0.935. The van der Waals surface area contributed by atoms with Crippen molar-refractivity contribution in [2.75, 3.05) is 19.0 Å². The van der Waals surface area contributed by atoms with Gasteiger partial charge < -0.3 is 15.4 Å². The van der Waals surface area contributed by atoms with Crippen LogP contribution in [0.2, 0.25) is 0 Å². The van der Waals surface area contributed by atoms with Crippen LogP contribution in [0.15, 0.2) is 42.5 Å². The van der Waals surface area contributed by atoms with Crippen molar-refractivity contribution < 1.29 is 23.1 Å². The minimum absolute atomic E-state index is 0.124. The van der Waals surface area contributed by atoms with Gasteiger partial charge in [-0.05, 0) is 25.1 Å². The van der Waals surface area contributed by atoms with Gasteiger partial charge in [0.25, 0.3) is 0 Å². The zero-order valence-corrected chi connectivity index (χ0v) is 13.8. The Morgan fingerprint density at radius 3 is 2.56 bits per heavy atom. The molecule has 0 spiro atoms. The van der Waals surface area contributed by atoms with Gasteiger partial charge in [0.1, 0.15) is 11.6 Å². The van der Waals surface area contributed by atoms with Gasteiger partial charge in [-0.15, -0.1) is 0 Å². The molecule has 2 rings (SSSR count). The van der Waals surface area contributed by atoms with Crippen LogP contribution in [0.25, 0.3) is 0 Å². The van der Waals surface area contributed by atoms with Gasteiger partial charge in [-0.1, -0.05) is 18.2 Å². The summed E-state index contributed by atoms with van der Waals surface area (Å²) in [5.74, 6) is -2.33. The van der Waals surface area contributed by atoms with E-state index in [9.17, 15) is 18.4 Å². The highest BCUT2D eigenvalue weighted by atomic mass is 19.1. The SMILES string of the molecule is COC(=O)c1ccccc1NCC(=O)NC(C)c1ccc(F)cc1F. The van der Waals surface area contributed by atoms with E-state index in [1.165, 1.54) is 13.2 Å². The number of hydrogen-bond acceptors (Lipinski definition) is 4. The second-order valence-corrected chi connectivity index (χ2v) is 5.35. The van der Waals surface area contributed by atoms with E-state index < -0.39 is 29.6 Å². The molecule has 0 bridgehead atoms. The van der Waals surface area contributed by atoms with Crippen LogP contribution in [-0.2, 0) is 9.53 Å². The molecule has 2 N–H and O–H groups in total. The standard InChI is InChI=1S/C18H18F2N2O3/c1-11(13-8-7-12(19)9-15(13)20)22-17(23)10-21-16-6-4-3-5-14(16)18(24)25-2/h3-9,11,21H,10H2,1-2H3,(H,22,23). The first-order valence-electron chi connectivity index (χ1n) is 7.58. The highest BCUT2D eigenvalue weighted by Gasteiger charge is 2.15. The number of para-hydroxylation sites is 1. The Morgan fingerprint density at radius 2 is 1.88 bits per heavy atom. The minimum atomic E-state index is -0.725. The molecule has 1 unspecified atom stereocenters. The average molecular weight is 348 g/mol. The maximum Gasteiger partial charge on any atom is 0.339 e. The van der Waals surface area contributed by atoms with Gasteiger partial charge in [-0.25, -0.2) is 13.6 Å². The number of benzene rings is 2. The summed E-state index contributed by atoms with van der Waals surface area (Å²) in [6.07, 6.45) is 0. The molecule has 1 amide bonds. The first kappa shape index (κ1) is 18.4. The lowest BCUT2D eigenvalue weighted by Crippen LogP contribution is -2.32. The smallest absolute Gasteiger partial charge is 0.339 e. The Bertz CT molecular complexity index is 781. The molecule has 0 aliphatic carbocycles. The van der Waals surface area contributed by atoms with Crippen molar-refractivity contribution in [3.8, 4) is 0 Å². The molecule has 25 heavy (non-hydrogen) atoms. The summed E-state index contributed by atoms with van der Waals surface area (Å²) >= 11 is 0. The van der Waals surface area contributed by atoms with E-state index in [4.69, 9.17) is 0 Å². The zero-order chi connectivity index (χ0) is 18.4. The number of rotatable bonds is 6. The van der Waals surface area contributed by atoms with Gasteiger partial charge in [-0.2, -0.15) is 0 Å². The Balaban J connectivity index is 1.98. The number of ether oxygens (including phenoxy) is 1. The molecule has 0 fully saturated rings. The van der Waals surface area contributed by atoms with E-state index in [-0.39, 0.29) is 12.1 Å². The summed E-state index contributed by atoms with van der Waals surface area (Å²) < 4.78 is 31.3. The number of halogens is 2. The summed E-state index contributed by atoms with van der Waals surface area (Å²) in [6, 6.07) is 9.15. The van der Waals surface area contributed by atoms with Gasteiger partial charge in [0, 0.05) is 17.3 Å². The van der Waals surface area contributed by atoms with Crippen molar-refractivity contribution in [1.82, 2.24) is 5.32 Å². The Kier molecular flexibility index (Phi) is 6.05. The quantitative estimate of drug-likeness (QED) is 0.788. The number of nitrogens with one attached hydrogen (secondary N) is 2. The summed E-state index contributed by atoms with van der Waals surface area (Å²) in [5, 5.41) is 5.45. The molecule has 2 aromatic rings. The van der Waals surface area contributed by atoms with E-state index in [0.717, 1.165) is 12.1 Å². The van der Waals surface area contributed by atoms with Crippen LogP contribution in [0.1, 0.15) is 28.9 Å². The van der Waals surface area contributed by atoms with Gasteiger partial charge in [0.05, 0.1) is 25.3 Å². The molecule has 0 aliphatic rings. The second-order valence-electron chi connectivity index (χ2n) is 5.35. The van der Waals surface area contributed by atoms with Crippen LogP contribution in [-0.4, -0.2) is 25.5 Å². The van der Waals surface area contributed by atoms with E-state index in [0.29, 0.717) is 11.3 Å². The Labute approximate surface area is 144 Å². The summed E-state index contributed by atoms with van der Waals surface area (Å²) in [4.78, 5) is 23.7. The Hall–Kier alpha value is -2.96. The lowest BCUT2D eigenvalue weighted by molar-refractivity contribution is -0.120. The number of carbonyl (C=O) groups excluding carboxylic acids is 2. The number of methoxy groups -OCH3 is 1. The summed E-state index contributed by atoms with van der Waals surface area (Å²) in [6.45, 7) is 1.47. The third kappa shape index (κ3) is 4.76. The van der Waals surface area contributed by atoms with Crippen molar-refractivity contribution in [1.29, 1.82) is 0 Å². The molecule has 0 saturated carbocycles. The lowest BCUT2D eigenvalue weighted by Gasteiger charge is -2.16. The van der Waals surface area contributed by atoms with Crippen molar-refractivity contribution in [3.63, 3.8) is 0 Å². The topological polar surface area (TPSA) is 67.4 Å². The number of anilines is 1. The maximum atomic E-state index is 13.7. The van der Waals surface area contributed by atoms with Crippen LogP contribution in [0, 0.1) is 11.6 Å². The van der Waals surface area contributed by atoms with E-state index in [1.54, 1.807) is 31.2 Å². The molecule has 1 atom stereocenters. The molecular weight excluding hydrogens is 330 g/mol. The molecule has 0 radical (unpaired) electrons. The molecule has 2 aromatic carbocycles. The minimum Gasteiger partial charge on any atom is -0.465 e. The van der Waals surface area contributed by atoms with Crippen LogP contribution >= 0.6 is 0 Å². The van der Waals surface area contributed by atoms with Crippen LogP contribution in [0.3, 0.4) is 0 Å². The third-order valence-electron chi connectivity index (χ3n) is 3.58. The van der Waals surface area contributed by atoms with Gasteiger partial charge in [0.15, 0.2) is 0 Å².